The lowest BCUT2D eigenvalue weighted by atomic mass is 9.94. The predicted molar refractivity (Wildman–Crippen MR) is 61.6 cm³/mol. The third-order valence-corrected chi connectivity index (χ3v) is 4.03. The highest BCUT2D eigenvalue weighted by atomic mass is 32.1. The minimum Gasteiger partial charge on any atom is -0.394 e. The Balaban J connectivity index is 3.00. The Morgan fingerprint density at radius 1 is 1.21 bits per heavy atom. The number of aliphatic hydroxyl groups excluding tert-OH is 1. The molecule has 0 aliphatic carbocycles. The van der Waals surface area contributed by atoms with Gasteiger partial charge < -0.3 is 10.8 Å². The van der Waals surface area contributed by atoms with E-state index in [2.05, 4.69) is 26.8 Å². The molecule has 3 N–H and O–H groups in total. The van der Waals surface area contributed by atoms with E-state index in [1.54, 1.807) is 11.3 Å². The zero-order chi connectivity index (χ0) is 11.0. The minimum absolute atomic E-state index is 0.0168. The monoisotopic (exact) mass is 213 g/mol. The summed E-state index contributed by atoms with van der Waals surface area (Å²) < 4.78 is 0. The molecule has 0 aliphatic rings. The number of nitrogens with two attached hydrogens (primary N) is 1. The van der Waals surface area contributed by atoms with Crippen molar-refractivity contribution in [2.24, 2.45) is 5.73 Å². The highest BCUT2D eigenvalue weighted by Crippen LogP contribution is 2.33. The van der Waals surface area contributed by atoms with Gasteiger partial charge in [0, 0.05) is 9.75 Å². The molecule has 0 saturated carbocycles. The van der Waals surface area contributed by atoms with E-state index in [4.69, 9.17) is 10.8 Å². The van der Waals surface area contributed by atoms with Crippen LogP contribution in [0.25, 0.3) is 0 Å². The van der Waals surface area contributed by atoms with Crippen molar-refractivity contribution in [3.05, 3.63) is 21.9 Å². The lowest BCUT2D eigenvalue weighted by Crippen LogP contribution is -2.35. The standard InChI is InChI=1S/C11H19NOS/c1-10(2,3)8-5-6-9(14-8)11(4,12)7-13/h5-6,13H,7,12H2,1-4H3/t11-/m0/s1. The van der Waals surface area contributed by atoms with Gasteiger partial charge in [0.25, 0.3) is 0 Å². The van der Waals surface area contributed by atoms with E-state index in [0.29, 0.717) is 0 Å². The van der Waals surface area contributed by atoms with E-state index in [0.717, 1.165) is 4.88 Å². The smallest absolute Gasteiger partial charge is 0.0709 e. The van der Waals surface area contributed by atoms with Crippen molar-refractivity contribution in [1.82, 2.24) is 0 Å². The van der Waals surface area contributed by atoms with Gasteiger partial charge >= 0.3 is 0 Å². The minimum atomic E-state index is -0.603. The lowest BCUT2D eigenvalue weighted by molar-refractivity contribution is 0.212. The summed E-state index contributed by atoms with van der Waals surface area (Å²) in [6.07, 6.45) is 0. The molecule has 0 saturated heterocycles. The van der Waals surface area contributed by atoms with Crippen molar-refractivity contribution in [3.8, 4) is 0 Å². The zero-order valence-corrected chi connectivity index (χ0v) is 10.1. The molecule has 0 spiro atoms. The second-order valence-corrected chi connectivity index (χ2v) is 6.07. The predicted octanol–water partition coefficient (Wildman–Crippen LogP) is 2.21. The molecule has 0 aliphatic heterocycles. The number of rotatable bonds is 2. The summed E-state index contributed by atoms with van der Waals surface area (Å²) in [4.78, 5) is 2.35. The summed E-state index contributed by atoms with van der Waals surface area (Å²) in [5.74, 6) is 0. The molecule has 0 radical (unpaired) electrons. The fraction of sp³-hybridized carbons (Fsp3) is 0.636. The van der Waals surface area contributed by atoms with Crippen LogP contribution in [-0.2, 0) is 11.0 Å². The van der Waals surface area contributed by atoms with Gasteiger partial charge in [-0.2, -0.15) is 0 Å². The van der Waals surface area contributed by atoms with Crippen molar-refractivity contribution >= 4 is 11.3 Å². The molecule has 0 unspecified atom stereocenters. The first-order valence-electron chi connectivity index (χ1n) is 4.78. The van der Waals surface area contributed by atoms with Crippen LogP contribution in [-0.4, -0.2) is 11.7 Å². The van der Waals surface area contributed by atoms with Crippen molar-refractivity contribution < 1.29 is 5.11 Å². The average molecular weight is 213 g/mol. The van der Waals surface area contributed by atoms with Crippen molar-refractivity contribution in [2.45, 2.75) is 38.6 Å². The van der Waals surface area contributed by atoms with Crippen LogP contribution in [0.5, 0.6) is 0 Å². The first-order chi connectivity index (χ1) is 6.27. The van der Waals surface area contributed by atoms with E-state index >= 15 is 0 Å². The molecule has 1 aromatic heterocycles. The third kappa shape index (κ3) is 2.35. The largest absolute Gasteiger partial charge is 0.394 e. The molecule has 1 heterocycles. The average Bonchev–Trinajstić information content (AvgIpc) is 2.51. The molecular formula is C11H19NOS. The quantitative estimate of drug-likeness (QED) is 0.791. The molecule has 0 amide bonds. The first kappa shape index (κ1) is 11.7. The SMILES string of the molecule is CC(C)(C)c1ccc([C@@](C)(N)CO)s1. The highest BCUT2D eigenvalue weighted by molar-refractivity contribution is 7.12. The molecule has 0 bridgehead atoms. The van der Waals surface area contributed by atoms with Crippen LogP contribution in [0.1, 0.15) is 37.4 Å². The Bertz CT molecular complexity index is 309. The van der Waals surface area contributed by atoms with Crippen LogP contribution in [0, 0.1) is 0 Å². The van der Waals surface area contributed by atoms with Crippen LogP contribution in [0.15, 0.2) is 12.1 Å². The van der Waals surface area contributed by atoms with E-state index in [9.17, 15) is 0 Å². The van der Waals surface area contributed by atoms with E-state index < -0.39 is 5.54 Å². The Kier molecular flexibility index (Phi) is 3.04. The second-order valence-electron chi connectivity index (χ2n) is 4.99. The van der Waals surface area contributed by atoms with Gasteiger partial charge in [-0.05, 0) is 24.5 Å². The van der Waals surface area contributed by atoms with Gasteiger partial charge in [-0.25, -0.2) is 0 Å². The number of thiophene rings is 1. The second kappa shape index (κ2) is 3.65. The van der Waals surface area contributed by atoms with Gasteiger partial charge in [-0.3, -0.25) is 0 Å². The van der Waals surface area contributed by atoms with Crippen LogP contribution in [0.3, 0.4) is 0 Å². The molecule has 3 heteroatoms. The van der Waals surface area contributed by atoms with Crippen molar-refractivity contribution in [3.63, 3.8) is 0 Å². The number of aliphatic hydroxyl groups is 1. The lowest BCUT2D eigenvalue weighted by Gasteiger charge is -2.20. The summed E-state index contributed by atoms with van der Waals surface area (Å²) in [6, 6.07) is 4.11. The summed E-state index contributed by atoms with van der Waals surface area (Å²) in [7, 11) is 0. The summed E-state index contributed by atoms with van der Waals surface area (Å²) in [6.45, 7) is 8.36. The van der Waals surface area contributed by atoms with Crippen molar-refractivity contribution in [1.29, 1.82) is 0 Å². The summed E-state index contributed by atoms with van der Waals surface area (Å²) in [5, 5.41) is 9.14. The van der Waals surface area contributed by atoms with Crippen LogP contribution >= 0.6 is 11.3 Å². The van der Waals surface area contributed by atoms with Crippen LogP contribution < -0.4 is 5.73 Å². The normalized spacial score (nSPS) is 16.7. The molecule has 80 valence electrons. The fourth-order valence-electron chi connectivity index (χ4n) is 1.13. The van der Waals surface area contributed by atoms with E-state index in [-0.39, 0.29) is 12.0 Å². The maximum Gasteiger partial charge on any atom is 0.0709 e. The Hall–Kier alpha value is -0.380. The van der Waals surface area contributed by atoms with E-state index in [1.807, 2.05) is 13.0 Å². The molecule has 1 rings (SSSR count). The zero-order valence-electron chi connectivity index (χ0n) is 9.29. The van der Waals surface area contributed by atoms with Crippen molar-refractivity contribution in [2.75, 3.05) is 6.61 Å². The Morgan fingerprint density at radius 2 is 1.71 bits per heavy atom. The maximum absolute atomic E-state index is 9.14. The molecule has 1 aromatic rings. The maximum atomic E-state index is 9.14. The number of hydrogen-bond donors (Lipinski definition) is 2. The van der Waals surface area contributed by atoms with Crippen LogP contribution in [0.2, 0.25) is 0 Å². The molecule has 2 nitrogen and oxygen atoms in total. The first-order valence-corrected chi connectivity index (χ1v) is 5.59. The molecule has 0 fully saturated rings. The molecule has 1 atom stereocenters. The third-order valence-electron chi connectivity index (χ3n) is 2.24. The molecule has 14 heavy (non-hydrogen) atoms. The highest BCUT2D eigenvalue weighted by Gasteiger charge is 2.24. The Morgan fingerprint density at radius 3 is 2.07 bits per heavy atom. The Labute approximate surface area is 89.8 Å². The van der Waals surface area contributed by atoms with Gasteiger partial charge in [-0.1, -0.05) is 20.8 Å². The van der Waals surface area contributed by atoms with Gasteiger partial charge in [0.1, 0.15) is 0 Å². The number of hydrogen-bond acceptors (Lipinski definition) is 3. The van der Waals surface area contributed by atoms with Gasteiger partial charge in [0.15, 0.2) is 0 Å². The molecular weight excluding hydrogens is 194 g/mol. The molecule has 0 aromatic carbocycles. The summed E-state index contributed by atoms with van der Waals surface area (Å²) >= 11 is 1.69. The van der Waals surface area contributed by atoms with Gasteiger partial charge in [0.05, 0.1) is 12.1 Å². The van der Waals surface area contributed by atoms with Gasteiger partial charge in [0.2, 0.25) is 0 Å². The van der Waals surface area contributed by atoms with Gasteiger partial charge in [-0.15, -0.1) is 11.3 Å². The summed E-state index contributed by atoms with van der Waals surface area (Å²) in [5.41, 5.74) is 5.51. The fourth-order valence-corrected chi connectivity index (χ4v) is 2.24. The van der Waals surface area contributed by atoms with Crippen LogP contribution in [0.4, 0.5) is 0 Å². The van der Waals surface area contributed by atoms with E-state index in [1.165, 1.54) is 4.88 Å². The topological polar surface area (TPSA) is 46.2 Å².